The zero-order valence-electron chi connectivity index (χ0n) is 16.9. The van der Waals surface area contributed by atoms with E-state index in [0.29, 0.717) is 10.8 Å². The lowest BCUT2D eigenvalue weighted by Crippen LogP contribution is -2.43. The Balaban J connectivity index is 1.48. The van der Waals surface area contributed by atoms with Gasteiger partial charge in [-0.15, -0.1) is 0 Å². The summed E-state index contributed by atoms with van der Waals surface area (Å²) in [5, 5.41) is 0. The summed E-state index contributed by atoms with van der Waals surface area (Å²) in [6, 6.07) is 0. The van der Waals surface area contributed by atoms with Crippen molar-refractivity contribution in [2.24, 2.45) is 46.3 Å². The van der Waals surface area contributed by atoms with E-state index in [4.69, 9.17) is 0 Å². The van der Waals surface area contributed by atoms with E-state index in [1.54, 1.807) is 51.4 Å². The summed E-state index contributed by atoms with van der Waals surface area (Å²) in [5.74, 6) is 6.33. The number of fused-ring (bicyclic) bond motifs is 2. The standard InChI is InChI=1S/C24H42/c1-23(2,21-13-17-9-5-6-10-18(17)14-21)24(3,4)22-15-19-11-7-8-12-20(19)16-22/h17-22H,5-16H2,1-4H3. The molecule has 4 atom stereocenters. The van der Waals surface area contributed by atoms with Crippen LogP contribution in [0.1, 0.15) is 105 Å². The molecule has 4 rings (SSSR count). The number of hydrogen-bond donors (Lipinski definition) is 0. The van der Waals surface area contributed by atoms with Crippen molar-refractivity contribution in [1.82, 2.24) is 0 Å². The Kier molecular flexibility index (Phi) is 4.58. The SMILES string of the molecule is CC(C)(C1CC2CCCCC2C1)C(C)(C)C1CC2CCCCC2C1. The van der Waals surface area contributed by atoms with Crippen molar-refractivity contribution in [1.29, 1.82) is 0 Å². The minimum atomic E-state index is 0.516. The zero-order valence-corrected chi connectivity index (χ0v) is 16.9. The largest absolute Gasteiger partial charge is 0.0591 e. The maximum Gasteiger partial charge on any atom is -0.0272 e. The lowest BCUT2D eigenvalue weighted by atomic mass is 9.55. The Hall–Kier alpha value is 0. The van der Waals surface area contributed by atoms with E-state index in [9.17, 15) is 0 Å². The molecule has 4 saturated carbocycles. The molecule has 4 unspecified atom stereocenters. The van der Waals surface area contributed by atoms with Gasteiger partial charge in [-0.3, -0.25) is 0 Å². The molecule has 0 heteroatoms. The van der Waals surface area contributed by atoms with Gasteiger partial charge in [0.2, 0.25) is 0 Å². The summed E-state index contributed by atoms with van der Waals surface area (Å²) in [6.45, 7) is 10.7. The van der Waals surface area contributed by atoms with Crippen LogP contribution < -0.4 is 0 Å². The van der Waals surface area contributed by atoms with Gasteiger partial charge in [0, 0.05) is 0 Å². The van der Waals surface area contributed by atoms with E-state index < -0.39 is 0 Å². The number of hydrogen-bond acceptors (Lipinski definition) is 0. The maximum absolute atomic E-state index is 2.66. The Bertz CT molecular complexity index is 375. The van der Waals surface area contributed by atoms with Gasteiger partial charge in [0.1, 0.15) is 0 Å². The minimum absolute atomic E-state index is 0.516. The fraction of sp³-hybridized carbons (Fsp3) is 1.00. The molecule has 0 saturated heterocycles. The number of rotatable bonds is 3. The quantitative estimate of drug-likeness (QED) is 0.503. The summed E-state index contributed by atoms with van der Waals surface area (Å²) in [4.78, 5) is 0. The molecular formula is C24H42. The van der Waals surface area contributed by atoms with Crippen molar-refractivity contribution in [3.63, 3.8) is 0 Å². The minimum Gasteiger partial charge on any atom is -0.0591 e. The van der Waals surface area contributed by atoms with Gasteiger partial charge in [0.05, 0.1) is 0 Å². The zero-order chi connectivity index (χ0) is 16.9. The molecule has 0 amide bonds. The molecule has 24 heavy (non-hydrogen) atoms. The Morgan fingerprint density at radius 2 is 0.708 bits per heavy atom. The van der Waals surface area contributed by atoms with Crippen molar-refractivity contribution in [2.45, 2.75) is 105 Å². The van der Waals surface area contributed by atoms with E-state index in [2.05, 4.69) is 27.7 Å². The third-order valence-electron chi connectivity index (χ3n) is 10.2. The average molecular weight is 331 g/mol. The van der Waals surface area contributed by atoms with Crippen molar-refractivity contribution in [3.8, 4) is 0 Å². The lowest BCUT2D eigenvalue weighted by molar-refractivity contribution is -0.0129. The topological polar surface area (TPSA) is 0 Å². The normalized spacial score (nSPS) is 43.5. The van der Waals surface area contributed by atoms with Crippen LogP contribution in [0.25, 0.3) is 0 Å². The first-order chi connectivity index (χ1) is 11.4. The van der Waals surface area contributed by atoms with Crippen molar-refractivity contribution >= 4 is 0 Å². The van der Waals surface area contributed by atoms with Crippen molar-refractivity contribution < 1.29 is 0 Å². The first-order valence-electron chi connectivity index (χ1n) is 11.4. The van der Waals surface area contributed by atoms with Crippen LogP contribution in [0.4, 0.5) is 0 Å². The van der Waals surface area contributed by atoms with Crippen LogP contribution >= 0.6 is 0 Å². The summed E-state index contributed by atoms with van der Waals surface area (Å²) >= 11 is 0. The Morgan fingerprint density at radius 1 is 0.458 bits per heavy atom. The van der Waals surface area contributed by atoms with Crippen LogP contribution in [-0.2, 0) is 0 Å². The van der Waals surface area contributed by atoms with Gasteiger partial charge >= 0.3 is 0 Å². The summed E-state index contributed by atoms with van der Waals surface area (Å²) in [6.07, 6.45) is 18.5. The smallest absolute Gasteiger partial charge is 0.0272 e. The van der Waals surface area contributed by atoms with E-state index in [0.717, 1.165) is 35.5 Å². The van der Waals surface area contributed by atoms with Crippen LogP contribution in [0.5, 0.6) is 0 Å². The van der Waals surface area contributed by atoms with Crippen LogP contribution in [-0.4, -0.2) is 0 Å². The molecule has 138 valence electrons. The summed E-state index contributed by atoms with van der Waals surface area (Å²) in [7, 11) is 0. The highest BCUT2D eigenvalue weighted by Gasteiger charge is 2.53. The molecule has 0 radical (unpaired) electrons. The molecule has 4 fully saturated rings. The molecule has 0 aromatic carbocycles. The fourth-order valence-electron chi connectivity index (χ4n) is 7.70. The van der Waals surface area contributed by atoms with Gasteiger partial charge in [-0.2, -0.15) is 0 Å². The predicted molar refractivity (Wildman–Crippen MR) is 104 cm³/mol. The second kappa shape index (κ2) is 6.31. The van der Waals surface area contributed by atoms with Crippen molar-refractivity contribution in [3.05, 3.63) is 0 Å². The van der Waals surface area contributed by atoms with Crippen LogP contribution in [0, 0.1) is 46.3 Å². The van der Waals surface area contributed by atoms with Crippen LogP contribution in [0.3, 0.4) is 0 Å². The molecule has 4 aliphatic rings. The second-order valence-electron chi connectivity index (χ2n) is 11.4. The molecule has 0 N–H and O–H groups in total. The average Bonchev–Trinajstić information content (AvgIpc) is 3.19. The molecule has 0 nitrogen and oxygen atoms in total. The van der Waals surface area contributed by atoms with Crippen LogP contribution in [0.15, 0.2) is 0 Å². The summed E-state index contributed by atoms with van der Waals surface area (Å²) in [5.41, 5.74) is 1.03. The predicted octanol–water partition coefficient (Wildman–Crippen LogP) is 7.47. The summed E-state index contributed by atoms with van der Waals surface area (Å²) < 4.78 is 0. The molecule has 4 aliphatic carbocycles. The highest BCUT2D eigenvalue weighted by molar-refractivity contribution is 5.03. The first kappa shape index (κ1) is 17.4. The third kappa shape index (κ3) is 2.79. The molecule has 0 aliphatic heterocycles. The third-order valence-corrected chi connectivity index (χ3v) is 10.2. The van der Waals surface area contributed by atoms with Gasteiger partial charge in [-0.25, -0.2) is 0 Å². The molecule has 0 aromatic rings. The van der Waals surface area contributed by atoms with E-state index in [-0.39, 0.29) is 0 Å². The van der Waals surface area contributed by atoms with Crippen LogP contribution in [0.2, 0.25) is 0 Å². The molecule has 0 bridgehead atoms. The van der Waals surface area contributed by atoms with E-state index in [1.807, 2.05) is 0 Å². The van der Waals surface area contributed by atoms with E-state index >= 15 is 0 Å². The van der Waals surface area contributed by atoms with Gasteiger partial charge in [-0.1, -0.05) is 79.1 Å². The molecular weight excluding hydrogens is 288 g/mol. The molecule has 0 aromatic heterocycles. The maximum atomic E-state index is 2.66. The highest BCUT2D eigenvalue weighted by Crippen LogP contribution is 2.62. The molecule has 0 heterocycles. The van der Waals surface area contributed by atoms with E-state index in [1.165, 1.54) is 25.7 Å². The first-order valence-corrected chi connectivity index (χ1v) is 11.4. The van der Waals surface area contributed by atoms with Crippen molar-refractivity contribution in [2.75, 3.05) is 0 Å². The van der Waals surface area contributed by atoms with Gasteiger partial charge in [0.25, 0.3) is 0 Å². The Morgan fingerprint density at radius 3 is 0.958 bits per heavy atom. The van der Waals surface area contributed by atoms with Gasteiger partial charge in [-0.05, 0) is 72.0 Å². The second-order valence-corrected chi connectivity index (χ2v) is 11.4. The highest BCUT2D eigenvalue weighted by atomic mass is 14.6. The van der Waals surface area contributed by atoms with Gasteiger partial charge < -0.3 is 0 Å². The lowest BCUT2D eigenvalue weighted by Gasteiger charge is -2.50. The fourth-order valence-corrected chi connectivity index (χ4v) is 7.70. The monoisotopic (exact) mass is 330 g/mol. The Labute approximate surface area is 151 Å². The van der Waals surface area contributed by atoms with Gasteiger partial charge in [0.15, 0.2) is 0 Å². The molecule has 0 spiro atoms.